The molecule has 2 aromatic heterocycles. The van der Waals surface area contributed by atoms with E-state index in [2.05, 4.69) is 0 Å². The highest BCUT2D eigenvalue weighted by molar-refractivity contribution is 5.16. The second kappa shape index (κ2) is 5.05. The van der Waals surface area contributed by atoms with Gasteiger partial charge in [0.05, 0.1) is 6.10 Å². The fraction of sp³-hybridized carbons (Fsp3) is 0.400. The van der Waals surface area contributed by atoms with Crippen molar-refractivity contribution in [2.45, 2.75) is 32.0 Å². The first kappa shape index (κ1) is 12.2. The van der Waals surface area contributed by atoms with Gasteiger partial charge in [0.15, 0.2) is 0 Å². The minimum atomic E-state index is -0.319. The maximum Gasteiger partial charge on any atom is 0.250 e. The summed E-state index contributed by atoms with van der Waals surface area (Å²) in [4.78, 5) is 11.6. The van der Waals surface area contributed by atoms with Gasteiger partial charge in [-0.1, -0.05) is 6.07 Å². The van der Waals surface area contributed by atoms with Crippen molar-refractivity contribution in [2.75, 3.05) is 0 Å². The summed E-state index contributed by atoms with van der Waals surface area (Å²) >= 11 is 0. The molecule has 1 fully saturated rings. The van der Waals surface area contributed by atoms with Crippen LogP contribution in [0.3, 0.4) is 0 Å². The summed E-state index contributed by atoms with van der Waals surface area (Å²) in [6.45, 7) is 1.38. The van der Waals surface area contributed by atoms with E-state index < -0.39 is 0 Å². The lowest BCUT2D eigenvalue weighted by molar-refractivity contribution is 0.154. The summed E-state index contributed by atoms with van der Waals surface area (Å²) in [5.41, 5.74) is 1.01. The lowest BCUT2D eigenvalue weighted by Crippen LogP contribution is -2.20. The summed E-state index contributed by atoms with van der Waals surface area (Å²) in [5, 5.41) is 10.0. The van der Waals surface area contributed by atoms with Gasteiger partial charge in [0, 0.05) is 37.7 Å². The Hall–Kier alpha value is -1.81. The van der Waals surface area contributed by atoms with Crippen molar-refractivity contribution < 1.29 is 5.11 Å². The average Bonchev–Trinajstić information content (AvgIpc) is 3.16. The van der Waals surface area contributed by atoms with Crippen molar-refractivity contribution in [3.05, 3.63) is 58.8 Å². The lowest BCUT2D eigenvalue weighted by atomic mass is 10.1. The van der Waals surface area contributed by atoms with Crippen LogP contribution in [0, 0.1) is 5.92 Å². The zero-order chi connectivity index (χ0) is 13.2. The standard InChI is InChI=1S/C15H18N2O2/c18-14-3-1-2-7-17(14)10-9-16-8-6-13(11-16)15(19)12-4-5-12/h1-3,6-8,11-12,15,19H,4-5,9-10H2. The molecule has 3 rings (SSSR count). The molecule has 0 aromatic carbocycles. The monoisotopic (exact) mass is 258 g/mol. The predicted molar refractivity (Wildman–Crippen MR) is 72.8 cm³/mol. The fourth-order valence-electron chi connectivity index (χ4n) is 2.33. The third-order valence-electron chi connectivity index (χ3n) is 3.68. The van der Waals surface area contributed by atoms with Crippen LogP contribution >= 0.6 is 0 Å². The zero-order valence-electron chi connectivity index (χ0n) is 10.8. The predicted octanol–water partition coefficient (Wildman–Crippen LogP) is 1.79. The van der Waals surface area contributed by atoms with Crippen LogP contribution in [0.4, 0.5) is 0 Å². The molecular formula is C15H18N2O2. The first-order chi connectivity index (χ1) is 9.24. The molecule has 1 N–H and O–H groups in total. The van der Waals surface area contributed by atoms with E-state index in [4.69, 9.17) is 0 Å². The summed E-state index contributed by atoms with van der Waals surface area (Å²) in [7, 11) is 0. The third-order valence-corrected chi connectivity index (χ3v) is 3.68. The quantitative estimate of drug-likeness (QED) is 0.889. The van der Waals surface area contributed by atoms with Gasteiger partial charge < -0.3 is 14.2 Å². The van der Waals surface area contributed by atoms with Gasteiger partial charge in [0.1, 0.15) is 0 Å². The summed E-state index contributed by atoms with van der Waals surface area (Å²) in [6, 6.07) is 7.15. The van der Waals surface area contributed by atoms with Crippen LogP contribution in [0.25, 0.3) is 0 Å². The Kier molecular flexibility index (Phi) is 3.25. The van der Waals surface area contributed by atoms with Gasteiger partial charge >= 0.3 is 0 Å². The minimum Gasteiger partial charge on any atom is -0.388 e. The van der Waals surface area contributed by atoms with E-state index in [1.54, 1.807) is 22.9 Å². The normalized spacial score (nSPS) is 16.5. The van der Waals surface area contributed by atoms with Gasteiger partial charge in [-0.3, -0.25) is 4.79 Å². The number of aromatic nitrogens is 2. The number of aliphatic hydroxyl groups is 1. The topological polar surface area (TPSA) is 47.2 Å². The highest BCUT2D eigenvalue weighted by Crippen LogP contribution is 2.40. The van der Waals surface area contributed by atoms with Crippen molar-refractivity contribution in [3.8, 4) is 0 Å². The molecule has 1 saturated carbocycles. The number of aliphatic hydroxyl groups excluding tert-OH is 1. The Balaban J connectivity index is 1.64. The molecule has 0 amide bonds. The van der Waals surface area contributed by atoms with E-state index in [-0.39, 0.29) is 11.7 Å². The van der Waals surface area contributed by atoms with Crippen molar-refractivity contribution in [3.63, 3.8) is 0 Å². The molecule has 0 spiro atoms. The molecular weight excluding hydrogens is 240 g/mol. The fourth-order valence-corrected chi connectivity index (χ4v) is 2.33. The van der Waals surface area contributed by atoms with E-state index >= 15 is 0 Å². The number of rotatable bonds is 5. The molecule has 1 unspecified atom stereocenters. The van der Waals surface area contributed by atoms with Crippen LogP contribution < -0.4 is 5.56 Å². The molecule has 4 nitrogen and oxygen atoms in total. The first-order valence-electron chi connectivity index (χ1n) is 6.73. The Labute approximate surface area is 111 Å². The third kappa shape index (κ3) is 2.79. The van der Waals surface area contributed by atoms with Gasteiger partial charge in [-0.15, -0.1) is 0 Å². The molecule has 0 aliphatic heterocycles. The van der Waals surface area contributed by atoms with E-state index in [9.17, 15) is 9.90 Å². The lowest BCUT2D eigenvalue weighted by Gasteiger charge is -2.07. The molecule has 1 aliphatic rings. The van der Waals surface area contributed by atoms with Gasteiger partial charge in [-0.05, 0) is 36.5 Å². The van der Waals surface area contributed by atoms with Crippen molar-refractivity contribution >= 4 is 0 Å². The molecule has 2 aromatic rings. The molecule has 1 atom stereocenters. The van der Waals surface area contributed by atoms with Crippen LogP contribution in [0.1, 0.15) is 24.5 Å². The molecule has 19 heavy (non-hydrogen) atoms. The van der Waals surface area contributed by atoms with Gasteiger partial charge in [0.25, 0.3) is 5.56 Å². The average molecular weight is 258 g/mol. The molecule has 4 heteroatoms. The number of aryl methyl sites for hydroxylation is 2. The first-order valence-corrected chi connectivity index (χ1v) is 6.73. The van der Waals surface area contributed by atoms with Crippen LogP contribution in [0.15, 0.2) is 47.7 Å². The molecule has 1 aliphatic carbocycles. The minimum absolute atomic E-state index is 0.0212. The SMILES string of the molecule is O=c1ccccn1CCn1ccc(C(O)C2CC2)c1. The van der Waals surface area contributed by atoms with E-state index in [0.29, 0.717) is 12.5 Å². The second-order valence-electron chi connectivity index (χ2n) is 5.20. The Morgan fingerprint density at radius 1 is 1.21 bits per heavy atom. The second-order valence-corrected chi connectivity index (χ2v) is 5.20. The maximum atomic E-state index is 11.6. The largest absolute Gasteiger partial charge is 0.388 e. The van der Waals surface area contributed by atoms with Gasteiger partial charge in [0.2, 0.25) is 0 Å². The molecule has 100 valence electrons. The smallest absolute Gasteiger partial charge is 0.250 e. The van der Waals surface area contributed by atoms with Crippen LogP contribution in [-0.4, -0.2) is 14.2 Å². The Bertz CT molecular complexity index is 610. The van der Waals surface area contributed by atoms with Gasteiger partial charge in [-0.25, -0.2) is 0 Å². The van der Waals surface area contributed by atoms with Crippen molar-refractivity contribution in [1.29, 1.82) is 0 Å². The highest BCUT2D eigenvalue weighted by Gasteiger charge is 2.31. The summed E-state index contributed by atoms with van der Waals surface area (Å²) < 4.78 is 3.72. The Morgan fingerprint density at radius 3 is 2.79 bits per heavy atom. The molecule has 0 radical (unpaired) electrons. The van der Waals surface area contributed by atoms with E-state index in [0.717, 1.165) is 24.9 Å². The molecule has 0 bridgehead atoms. The number of nitrogens with zero attached hydrogens (tertiary/aromatic N) is 2. The Morgan fingerprint density at radius 2 is 2.05 bits per heavy atom. The zero-order valence-corrected chi connectivity index (χ0v) is 10.8. The number of pyridine rings is 1. The maximum absolute atomic E-state index is 11.6. The summed E-state index contributed by atoms with van der Waals surface area (Å²) in [6.07, 6.45) is 7.69. The summed E-state index contributed by atoms with van der Waals surface area (Å²) in [5.74, 6) is 0.451. The molecule has 2 heterocycles. The van der Waals surface area contributed by atoms with Crippen LogP contribution in [-0.2, 0) is 13.1 Å². The number of hydrogen-bond donors (Lipinski definition) is 1. The van der Waals surface area contributed by atoms with Crippen molar-refractivity contribution in [2.24, 2.45) is 5.92 Å². The van der Waals surface area contributed by atoms with E-state index in [1.165, 1.54) is 0 Å². The highest BCUT2D eigenvalue weighted by atomic mass is 16.3. The number of hydrogen-bond acceptors (Lipinski definition) is 2. The van der Waals surface area contributed by atoms with Crippen LogP contribution in [0.2, 0.25) is 0 Å². The van der Waals surface area contributed by atoms with Gasteiger partial charge in [-0.2, -0.15) is 0 Å². The van der Waals surface area contributed by atoms with Crippen molar-refractivity contribution in [1.82, 2.24) is 9.13 Å². The van der Waals surface area contributed by atoms with E-state index in [1.807, 2.05) is 29.1 Å². The van der Waals surface area contributed by atoms with Crippen LogP contribution in [0.5, 0.6) is 0 Å². The molecule has 0 saturated heterocycles.